The van der Waals surface area contributed by atoms with Crippen LogP contribution in [0.3, 0.4) is 0 Å². The lowest BCUT2D eigenvalue weighted by atomic mass is 9.95. The number of methoxy groups -OCH3 is 1. The largest absolute Gasteiger partial charge is 0.493 e. The normalized spacial score (nSPS) is 13.9. The number of Topliss-reactive ketones (excluding diaryl/α,β-unsaturated/α-hetero) is 1. The van der Waals surface area contributed by atoms with Gasteiger partial charge in [-0.05, 0) is 12.1 Å². The highest BCUT2D eigenvalue weighted by Gasteiger charge is 2.30. The monoisotopic (exact) mass is 286 g/mol. The Labute approximate surface area is 122 Å². The quantitative estimate of drug-likeness (QED) is 0.832. The molecule has 0 unspecified atom stereocenters. The Balaban J connectivity index is 2.34. The van der Waals surface area contributed by atoms with E-state index < -0.39 is 17.6 Å². The van der Waals surface area contributed by atoms with E-state index >= 15 is 0 Å². The highest BCUT2D eigenvalue weighted by molar-refractivity contribution is 6.14. The molecule has 0 bridgehead atoms. The zero-order valence-electron chi connectivity index (χ0n) is 11.7. The molecule has 1 heterocycles. The molecule has 6 nitrogen and oxygen atoms in total. The highest BCUT2D eigenvalue weighted by atomic mass is 16.5. The molecule has 1 aliphatic rings. The minimum atomic E-state index is -1.36. The third-order valence-corrected chi connectivity index (χ3v) is 3.15. The fraction of sp³-hybridized carbons (Fsp3) is 0.267. The summed E-state index contributed by atoms with van der Waals surface area (Å²) >= 11 is 0. The zero-order chi connectivity index (χ0) is 15.4. The van der Waals surface area contributed by atoms with E-state index in [0.717, 1.165) is 0 Å². The molecule has 1 atom stereocenters. The van der Waals surface area contributed by atoms with Gasteiger partial charge in [0.2, 0.25) is 5.91 Å². The second-order valence-corrected chi connectivity index (χ2v) is 4.38. The maximum Gasteiger partial charge on any atom is 0.245 e. The lowest BCUT2D eigenvalue weighted by Gasteiger charge is -2.20. The molecule has 0 aromatic heterocycles. The first kappa shape index (κ1) is 14.6. The fourth-order valence-electron chi connectivity index (χ4n) is 2.05. The molecule has 0 spiro atoms. The van der Waals surface area contributed by atoms with Crippen molar-refractivity contribution < 1.29 is 19.1 Å². The van der Waals surface area contributed by atoms with Crippen LogP contribution < -0.4 is 14.8 Å². The number of amides is 1. The number of fused-ring (bicyclic) bond motifs is 1. The van der Waals surface area contributed by atoms with Crippen molar-refractivity contribution in [3.05, 3.63) is 29.3 Å². The molecule has 0 radical (unpaired) electrons. The van der Waals surface area contributed by atoms with E-state index in [9.17, 15) is 9.59 Å². The Bertz CT molecular complexity index is 658. The molecule has 0 fully saturated rings. The SMILES string of the molecule is CNC(=O)[C@@H](C#N)C(=O)C1=Cc2cccc(OC)c2OC1. The number of rotatable bonds is 4. The molecule has 0 saturated heterocycles. The predicted octanol–water partition coefficient (Wildman–Crippen LogP) is 0.926. The van der Waals surface area contributed by atoms with Crippen molar-refractivity contribution in [3.63, 3.8) is 0 Å². The van der Waals surface area contributed by atoms with Crippen molar-refractivity contribution in [1.29, 1.82) is 5.26 Å². The van der Waals surface area contributed by atoms with E-state index in [4.69, 9.17) is 14.7 Å². The molecule has 2 rings (SSSR count). The molecule has 1 aromatic rings. The Morgan fingerprint density at radius 2 is 2.24 bits per heavy atom. The van der Waals surface area contributed by atoms with Crippen LogP contribution in [-0.2, 0) is 9.59 Å². The van der Waals surface area contributed by atoms with Gasteiger partial charge >= 0.3 is 0 Å². The Morgan fingerprint density at radius 1 is 1.48 bits per heavy atom. The van der Waals surface area contributed by atoms with E-state index in [1.54, 1.807) is 30.3 Å². The average Bonchev–Trinajstić information content (AvgIpc) is 2.53. The molecular formula is C15H14N2O4. The van der Waals surface area contributed by atoms with Crippen molar-refractivity contribution >= 4 is 17.8 Å². The number of para-hydroxylation sites is 1. The average molecular weight is 286 g/mol. The van der Waals surface area contributed by atoms with E-state index in [2.05, 4.69) is 5.32 Å². The van der Waals surface area contributed by atoms with Crippen LogP contribution >= 0.6 is 0 Å². The highest BCUT2D eigenvalue weighted by Crippen LogP contribution is 2.35. The topological polar surface area (TPSA) is 88.4 Å². The lowest BCUT2D eigenvalue weighted by molar-refractivity contribution is -0.129. The minimum Gasteiger partial charge on any atom is -0.493 e. The van der Waals surface area contributed by atoms with E-state index in [0.29, 0.717) is 17.1 Å². The second kappa shape index (κ2) is 6.09. The van der Waals surface area contributed by atoms with Crippen molar-refractivity contribution in [2.24, 2.45) is 5.92 Å². The van der Waals surface area contributed by atoms with Crippen LogP contribution in [0.2, 0.25) is 0 Å². The second-order valence-electron chi connectivity index (χ2n) is 4.38. The number of benzene rings is 1. The third-order valence-electron chi connectivity index (χ3n) is 3.15. The fourth-order valence-corrected chi connectivity index (χ4v) is 2.05. The molecule has 1 amide bonds. The number of carbonyl (C=O) groups is 2. The standard InChI is InChI=1S/C15H14N2O4/c1-17-15(19)11(7-16)13(18)10-6-9-4-3-5-12(20-2)14(9)21-8-10/h3-6,11H,8H2,1-2H3,(H,17,19)/t11-/m0/s1. The first-order valence-electron chi connectivity index (χ1n) is 6.28. The van der Waals surface area contributed by atoms with Crippen LogP contribution in [0, 0.1) is 17.2 Å². The van der Waals surface area contributed by atoms with Crippen LogP contribution in [0.5, 0.6) is 11.5 Å². The maximum absolute atomic E-state index is 12.2. The first-order valence-corrected chi connectivity index (χ1v) is 6.28. The number of hydrogen-bond donors (Lipinski definition) is 1. The van der Waals surface area contributed by atoms with Crippen LogP contribution in [-0.4, -0.2) is 32.5 Å². The Morgan fingerprint density at radius 3 is 2.86 bits per heavy atom. The van der Waals surface area contributed by atoms with Gasteiger partial charge in [0.1, 0.15) is 6.61 Å². The Kier molecular flexibility index (Phi) is 4.24. The Hall–Kier alpha value is -2.81. The van der Waals surface area contributed by atoms with Gasteiger partial charge in [-0.25, -0.2) is 0 Å². The van der Waals surface area contributed by atoms with Crippen molar-refractivity contribution in [3.8, 4) is 17.6 Å². The molecule has 1 aromatic carbocycles. The summed E-state index contributed by atoms with van der Waals surface area (Å²) in [4.78, 5) is 23.8. The van der Waals surface area contributed by atoms with Crippen molar-refractivity contribution in [2.45, 2.75) is 0 Å². The van der Waals surface area contributed by atoms with Gasteiger partial charge in [0.05, 0.1) is 13.2 Å². The summed E-state index contributed by atoms with van der Waals surface area (Å²) in [6.07, 6.45) is 1.62. The number of carbonyl (C=O) groups excluding carboxylic acids is 2. The molecule has 1 aliphatic heterocycles. The van der Waals surface area contributed by atoms with Gasteiger partial charge in [-0.15, -0.1) is 0 Å². The lowest BCUT2D eigenvalue weighted by Crippen LogP contribution is -2.34. The first-order chi connectivity index (χ1) is 10.1. The van der Waals surface area contributed by atoms with Crippen LogP contribution in [0.4, 0.5) is 0 Å². The van der Waals surface area contributed by atoms with E-state index in [1.807, 2.05) is 0 Å². The minimum absolute atomic E-state index is 0.00137. The van der Waals surface area contributed by atoms with E-state index in [1.165, 1.54) is 14.2 Å². The number of nitrogens with zero attached hydrogens (tertiary/aromatic N) is 1. The summed E-state index contributed by atoms with van der Waals surface area (Å²) < 4.78 is 10.7. The third kappa shape index (κ3) is 2.72. The van der Waals surface area contributed by atoms with Gasteiger partial charge in [0.25, 0.3) is 0 Å². The van der Waals surface area contributed by atoms with Gasteiger partial charge in [0, 0.05) is 18.2 Å². The van der Waals surface area contributed by atoms with Crippen LogP contribution in [0.1, 0.15) is 5.56 Å². The van der Waals surface area contributed by atoms with Gasteiger partial charge in [-0.3, -0.25) is 9.59 Å². The maximum atomic E-state index is 12.2. The molecule has 0 aliphatic carbocycles. The molecule has 21 heavy (non-hydrogen) atoms. The number of ketones is 1. The number of nitrogens with one attached hydrogen (secondary N) is 1. The molecule has 0 saturated carbocycles. The van der Waals surface area contributed by atoms with Crippen LogP contribution in [0.15, 0.2) is 23.8 Å². The smallest absolute Gasteiger partial charge is 0.245 e. The number of hydrogen-bond acceptors (Lipinski definition) is 5. The van der Waals surface area contributed by atoms with Crippen LogP contribution in [0.25, 0.3) is 6.08 Å². The molecular weight excluding hydrogens is 272 g/mol. The van der Waals surface area contributed by atoms with Gasteiger partial charge < -0.3 is 14.8 Å². The van der Waals surface area contributed by atoms with Gasteiger partial charge in [-0.1, -0.05) is 12.1 Å². The van der Waals surface area contributed by atoms with Crippen molar-refractivity contribution in [2.75, 3.05) is 20.8 Å². The predicted molar refractivity (Wildman–Crippen MR) is 74.6 cm³/mol. The zero-order valence-corrected chi connectivity index (χ0v) is 11.7. The summed E-state index contributed by atoms with van der Waals surface area (Å²) in [5, 5.41) is 11.3. The molecule has 108 valence electrons. The summed E-state index contributed by atoms with van der Waals surface area (Å²) in [5.74, 6) is -1.43. The number of nitriles is 1. The van der Waals surface area contributed by atoms with Gasteiger partial charge in [-0.2, -0.15) is 5.26 Å². The summed E-state index contributed by atoms with van der Waals surface area (Å²) in [5.41, 5.74) is 0.962. The van der Waals surface area contributed by atoms with E-state index in [-0.39, 0.29) is 12.2 Å². The van der Waals surface area contributed by atoms with Gasteiger partial charge in [0.15, 0.2) is 23.2 Å². The molecule has 1 N–H and O–H groups in total. The summed E-state index contributed by atoms with van der Waals surface area (Å²) in [6.45, 7) is 0.00137. The molecule has 6 heteroatoms. The van der Waals surface area contributed by atoms with Crippen molar-refractivity contribution in [1.82, 2.24) is 5.32 Å². The summed E-state index contributed by atoms with van der Waals surface area (Å²) in [6, 6.07) is 7.00. The number of ether oxygens (including phenoxy) is 2. The summed E-state index contributed by atoms with van der Waals surface area (Å²) in [7, 11) is 2.91.